The first-order chi connectivity index (χ1) is 17.3. The van der Waals surface area contributed by atoms with Crippen LogP contribution in [0.15, 0.2) is 24.4 Å². The van der Waals surface area contributed by atoms with Crippen LogP contribution in [0.3, 0.4) is 0 Å². The highest BCUT2D eigenvalue weighted by molar-refractivity contribution is 5.92. The molecule has 188 valence electrons. The number of nitrogens with two attached hydrogens (primary N) is 2. The summed E-state index contributed by atoms with van der Waals surface area (Å²) < 4.78 is 22.0. The third kappa shape index (κ3) is 5.20. The Labute approximate surface area is 209 Å². The number of aromatic nitrogens is 2. The first kappa shape index (κ1) is 26.0. The van der Waals surface area contributed by atoms with E-state index in [9.17, 15) is 9.90 Å². The van der Waals surface area contributed by atoms with E-state index in [-0.39, 0.29) is 23.1 Å². The second-order valence-electron chi connectivity index (χ2n) is 7.62. The Morgan fingerprint density at radius 3 is 2.19 bits per heavy atom. The smallest absolute Gasteiger partial charge is 0.336 e. The van der Waals surface area contributed by atoms with Crippen LogP contribution in [0.2, 0.25) is 0 Å². The number of nitrogens with zero attached hydrogens (tertiary/aromatic N) is 2. The third-order valence-electron chi connectivity index (χ3n) is 5.53. The second-order valence-corrected chi connectivity index (χ2v) is 7.62. The fraction of sp³-hybridized carbons (Fsp3) is 0.269. The fourth-order valence-corrected chi connectivity index (χ4v) is 3.86. The molecule has 5 N–H and O–H groups in total. The molecule has 2 aromatic carbocycles. The minimum atomic E-state index is -1.08. The number of benzene rings is 2. The topological polar surface area (TPSA) is 152 Å². The molecule has 0 aliphatic rings. The summed E-state index contributed by atoms with van der Waals surface area (Å²) in [7, 11) is 5.96. The van der Waals surface area contributed by atoms with Gasteiger partial charge in [-0.2, -0.15) is 4.98 Å². The molecule has 1 aromatic heterocycles. The molecule has 0 bridgehead atoms. The van der Waals surface area contributed by atoms with Gasteiger partial charge in [0.2, 0.25) is 5.95 Å². The molecule has 0 radical (unpaired) electrons. The summed E-state index contributed by atoms with van der Waals surface area (Å²) in [6, 6.07) is 5.08. The van der Waals surface area contributed by atoms with Gasteiger partial charge in [-0.25, -0.2) is 9.78 Å². The summed E-state index contributed by atoms with van der Waals surface area (Å²) in [5, 5.41) is 9.75. The molecule has 10 heteroatoms. The molecular formula is C26H28N4O6. The van der Waals surface area contributed by atoms with E-state index in [1.165, 1.54) is 34.5 Å². The van der Waals surface area contributed by atoms with Gasteiger partial charge in [0.05, 0.1) is 45.1 Å². The van der Waals surface area contributed by atoms with Gasteiger partial charge in [0.15, 0.2) is 23.0 Å². The Balaban J connectivity index is 2.21. The summed E-state index contributed by atoms with van der Waals surface area (Å²) in [6.07, 6.45) is 2.39. The maximum absolute atomic E-state index is 11.9. The van der Waals surface area contributed by atoms with E-state index < -0.39 is 5.97 Å². The average Bonchev–Trinajstić information content (AvgIpc) is 2.87. The van der Waals surface area contributed by atoms with Crippen LogP contribution in [-0.4, -0.2) is 49.5 Å². The van der Waals surface area contributed by atoms with Crippen molar-refractivity contribution in [3.05, 3.63) is 57.8 Å². The van der Waals surface area contributed by atoms with Crippen molar-refractivity contribution >= 4 is 17.7 Å². The Kier molecular flexibility index (Phi) is 8.07. The number of rotatable bonds is 8. The molecule has 3 aromatic rings. The summed E-state index contributed by atoms with van der Waals surface area (Å²) in [5.74, 6) is 6.99. The molecule has 36 heavy (non-hydrogen) atoms. The molecule has 0 saturated carbocycles. The standard InChI is InChI=1S/C26H28N4O6/c1-6-17-18(23(36-5)21(34-3)12-19(17)25(31)32)8-7-15-9-14(11-20(33-2)22(15)35-4)10-16-13-29-26(28)30-24(16)27/h9,11-13H,6,10H2,1-5H3,(H,31,32)(H4,27,28,29,30). The van der Waals surface area contributed by atoms with Crippen LogP contribution in [0.4, 0.5) is 11.8 Å². The predicted octanol–water partition coefficient (Wildman–Crippen LogP) is 2.93. The van der Waals surface area contributed by atoms with Crippen LogP contribution in [0.5, 0.6) is 23.0 Å². The Bertz CT molecular complexity index is 1360. The van der Waals surface area contributed by atoms with Crippen molar-refractivity contribution in [2.45, 2.75) is 19.8 Å². The van der Waals surface area contributed by atoms with Gasteiger partial charge < -0.3 is 35.5 Å². The number of anilines is 2. The first-order valence-corrected chi connectivity index (χ1v) is 10.9. The highest BCUT2D eigenvalue weighted by Crippen LogP contribution is 2.37. The van der Waals surface area contributed by atoms with E-state index in [2.05, 4.69) is 21.8 Å². The van der Waals surface area contributed by atoms with Crippen LogP contribution >= 0.6 is 0 Å². The zero-order chi connectivity index (χ0) is 26.4. The van der Waals surface area contributed by atoms with Gasteiger partial charge in [-0.3, -0.25) is 0 Å². The highest BCUT2D eigenvalue weighted by atomic mass is 16.5. The van der Waals surface area contributed by atoms with Crippen molar-refractivity contribution in [2.75, 3.05) is 39.9 Å². The zero-order valence-electron chi connectivity index (χ0n) is 20.8. The van der Waals surface area contributed by atoms with Crippen molar-refractivity contribution < 1.29 is 28.8 Å². The second kappa shape index (κ2) is 11.2. The number of carbonyl (C=O) groups is 1. The molecule has 0 atom stereocenters. The van der Waals surface area contributed by atoms with Crippen LogP contribution in [0, 0.1) is 11.8 Å². The lowest BCUT2D eigenvalue weighted by Gasteiger charge is -2.16. The maximum atomic E-state index is 11.9. The SMILES string of the molecule is CCc1c(C(=O)O)cc(OC)c(OC)c1C#Cc1cc(Cc2cnc(N)nc2N)cc(OC)c1OC. The molecule has 3 rings (SSSR count). The molecular weight excluding hydrogens is 464 g/mol. The molecule has 0 spiro atoms. The molecule has 0 unspecified atom stereocenters. The number of methoxy groups -OCH3 is 4. The summed E-state index contributed by atoms with van der Waals surface area (Å²) in [5.41, 5.74) is 14.7. The quantitative estimate of drug-likeness (QED) is 0.400. The van der Waals surface area contributed by atoms with Gasteiger partial charge in [0.1, 0.15) is 5.82 Å². The van der Waals surface area contributed by atoms with Crippen molar-refractivity contribution in [1.82, 2.24) is 9.97 Å². The normalized spacial score (nSPS) is 10.2. The van der Waals surface area contributed by atoms with E-state index in [4.69, 9.17) is 30.4 Å². The molecule has 10 nitrogen and oxygen atoms in total. The van der Waals surface area contributed by atoms with Crippen LogP contribution < -0.4 is 30.4 Å². The van der Waals surface area contributed by atoms with Gasteiger partial charge in [-0.15, -0.1) is 0 Å². The maximum Gasteiger partial charge on any atom is 0.336 e. The number of nitrogen functional groups attached to an aromatic ring is 2. The van der Waals surface area contributed by atoms with Gasteiger partial charge in [-0.05, 0) is 35.7 Å². The molecule has 1 heterocycles. The number of carboxylic acid groups (broad SMARTS) is 1. The van der Waals surface area contributed by atoms with Crippen molar-refractivity contribution in [3.8, 4) is 34.8 Å². The monoisotopic (exact) mass is 492 g/mol. The van der Waals surface area contributed by atoms with Crippen molar-refractivity contribution in [1.29, 1.82) is 0 Å². The van der Waals surface area contributed by atoms with E-state index in [1.807, 2.05) is 19.1 Å². The van der Waals surface area contributed by atoms with Gasteiger partial charge in [0.25, 0.3) is 0 Å². The fourth-order valence-electron chi connectivity index (χ4n) is 3.86. The first-order valence-electron chi connectivity index (χ1n) is 10.9. The largest absolute Gasteiger partial charge is 0.493 e. The minimum absolute atomic E-state index is 0.0924. The van der Waals surface area contributed by atoms with E-state index in [0.717, 1.165) is 5.56 Å². The molecule has 0 aliphatic carbocycles. The van der Waals surface area contributed by atoms with E-state index >= 15 is 0 Å². The van der Waals surface area contributed by atoms with Crippen molar-refractivity contribution in [3.63, 3.8) is 0 Å². The molecule has 0 fully saturated rings. The predicted molar refractivity (Wildman–Crippen MR) is 135 cm³/mol. The lowest BCUT2D eigenvalue weighted by Crippen LogP contribution is -2.07. The Morgan fingerprint density at radius 1 is 0.972 bits per heavy atom. The number of carboxylic acids is 1. The summed E-state index contributed by atoms with van der Waals surface area (Å²) in [6.45, 7) is 1.85. The third-order valence-corrected chi connectivity index (χ3v) is 5.53. The van der Waals surface area contributed by atoms with Crippen LogP contribution in [0.25, 0.3) is 0 Å². The van der Waals surface area contributed by atoms with Gasteiger partial charge in [-0.1, -0.05) is 18.8 Å². The van der Waals surface area contributed by atoms with Gasteiger partial charge in [0, 0.05) is 18.2 Å². The summed E-state index contributed by atoms with van der Waals surface area (Å²) in [4.78, 5) is 19.9. The number of aromatic carboxylic acids is 1. The van der Waals surface area contributed by atoms with E-state index in [1.54, 1.807) is 6.20 Å². The van der Waals surface area contributed by atoms with E-state index in [0.29, 0.717) is 52.3 Å². The molecule has 0 amide bonds. The van der Waals surface area contributed by atoms with Crippen LogP contribution in [0.1, 0.15) is 45.1 Å². The van der Waals surface area contributed by atoms with Crippen LogP contribution in [-0.2, 0) is 12.8 Å². The number of ether oxygens (including phenoxy) is 4. The number of hydrogen-bond donors (Lipinski definition) is 3. The lowest BCUT2D eigenvalue weighted by molar-refractivity contribution is 0.0695. The minimum Gasteiger partial charge on any atom is -0.493 e. The molecule has 0 saturated heterocycles. The zero-order valence-corrected chi connectivity index (χ0v) is 20.8. The summed E-state index contributed by atoms with van der Waals surface area (Å²) >= 11 is 0. The van der Waals surface area contributed by atoms with Crippen molar-refractivity contribution in [2.24, 2.45) is 0 Å². The number of hydrogen-bond acceptors (Lipinski definition) is 9. The average molecular weight is 493 g/mol. The Hall–Kier alpha value is -4.65. The highest BCUT2D eigenvalue weighted by Gasteiger charge is 2.21. The van der Waals surface area contributed by atoms with Gasteiger partial charge >= 0.3 is 5.97 Å². The molecule has 0 aliphatic heterocycles. The Morgan fingerprint density at radius 2 is 1.64 bits per heavy atom. The lowest BCUT2D eigenvalue weighted by atomic mass is 9.96.